The maximum Gasteiger partial charge on any atom is 0.358 e. The van der Waals surface area contributed by atoms with Crippen molar-refractivity contribution in [3.05, 3.63) is 11.9 Å². The van der Waals surface area contributed by atoms with Gasteiger partial charge in [-0.1, -0.05) is 11.6 Å². The fourth-order valence-electron chi connectivity index (χ4n) is 2.00. The molecule has 2 rings (SSSR count). The minimum atomic E-state index is -1.09. The highest BCUT2D eigenvalue weighted by atomic mass is 16.4. The lowest BCUT2D eigenvalue weighted by Gasteiger charge is -2.19. The number of carboxylic acids is 1. The van der Waals surface area contributed by atoms with Crippen molar-refractivity contribution in [3.8, 4) is 0 Å². The van der Waals surface area contributed by atoms with Crippen LogP contribution in [0.1, 0.15) is 36.2 Å². The SMILES string of the molecule is O=C(O)c1cn(CCN2CCCCCC2=O)nn1. The van der Waals surface area contributed by atoms with Gasteiger partial charge in [-0.05, 0) is 12.8 Å². The van der Waals surface area contributed by atoms with Crippen molar-refractivity contribution in [1.82, 2.24) is 19.9 Å². The smallest absolute Gasteiger partial charge is 0.358 e. The molecule has 0 spiro atoms. The van der Waals surface area contributed by atoms with Gasteiger partial charge < -0.3 is 10.0 Å². The molecule has 0 bridgehead atoms. The Morgan fingerprint density at radius 2 is 2.17 bits per heavy atom. The van der Waals surface area contributed by atoms with E-state index in [4.69, 9.17) is 5.11 Å². The van der Waals surface area contributed by atoms with Crippen LogP contribution in [0.25, 0.3) is 0 Å². The lowest BCUT2D eigenvalue weighted by atomic mass is 10.2. The van der Waals surface area contributed by atoms with E-state index in [1.165, 1.54) is 10.9 Å². The van der Waals surface area contributed by atoms with Crippen molar-refractivity contribution in [2.75, 3.05) is 13.1 Å². The van der Waals surface area contributed by atoms with Gasteiger partial charge in [-0.2, -0.15) is 0 Å². The number of carbonyl (C=O) groups is 2. The van der Waals surface area contributed by atoms with Gasteiger partial charge in [0.2, 0.25) is 5.91 Å². The lowest BCUT2D eigenvalue weighted by Crippen LogP contribution is -2.33. The Balaban J connectivity index is 1.89. The van der Waals surface area contributed by atoms with Crippen molar-refractivity contribution in [2.24, 2.45) is 0 Å². The Morgan fingerprint density at radius 1 is 1.33 bits per heavy atom. The molecule has 7 heteroatoms. The molecule has 1 aliphatic rings. The summed E-state index contributed by atoms with van der Waals surface area (Å²) in [5.74, 6) is -0.918. The van der Waals surface area contributed by atoms with E-state index in [9.17, 15) is 9.59 Å². The van der Waals surface area contributed by atoms with Gasteiger partial charge >= 0.3 is 5.97 Å². The molecular weight excluding hydrogens is 236 g/mol. The Labute approximate surface area is 104 Å². The number of amides is 1. The average molecular weight is 252 g/mol. The van der Waals surface area contributed by atoms with Gasteiger partial charge in [-0.15, -0.1) is 5.10 Å². The molecule has 1 saturated heterocycles. The summed E-state index contributed by atoms with van der Waals surface area (Å²) >= 11 is 0. The number of rotatable bonds is 4. The number of hydrogen-bond acceptors (Lipinski definition) is 4. The molecule has 7 nitrogen and oxygen atoms in total. The van der Waals surface area contributed by atoms with Crippen LogP contribution < -0.4 is 0 Å². The molecule has 1 aliphatic heterocycles. The van der Waals surface area contributed by atoms with Crippen LogP contribution in [0.5, 0.6) is 0 Å². The van der Waals surface area contributed by atoms with Gasteiger partial charge in [-0.25, -0.2) is 9.48 Å². The summed E-state index contributed by atoms with van der Waals surface area (Å²) in [7, 11) is 0. The topological polar surface area (TPSA) is 88.3 Å². The molecule has 1 amide bonds. The first-order chi connectivity index (χ1) is 8.66. The number of aromatic carboxylic acids is 1. The Kier molecular flexibility index (Phi) is 3.91. The van der Waals surface area contributed by atoms with Crippen molar-refractivity contribution >= 4 is 11.9 Å². The molecule has 0 aromatic carbocycles. The first-order valence-corrected chi connectivity index (χ1v) is 6.08. The highest BCUT2D eigenvalue weighted by molar-refractivity contribution is 5.84. The Morgan fingerprint density at radius 3 is 2.89 bits per heavy atom. The van der Waals surface area contributed by atoms with Gasteiger partial charge in [0.1, 0.15) is 0 Å². The summed E-state index contributed by atoms with van der Waals surface area (Å²) in [6, 6.07) is 0. The quantitative estimate of drug-likeness (QED) is 0.836. The second-order valence-corrected chi connectivity index (χ2v) is 4.36. The second kappa shape index (κ2) is 5.61. The maximum absolute atomic E-state index is 11.7. The zero-order valence-corrected chi connectivity index (χ0v) is 10.1. The number of aromatic nitrogens is 3. The molecule has 0 atom stereocenters. The molecule has 18 heavy (non-hydrogen) atoms. The third-order valence-corrected chi connectivity index (χ3v) is 3.03. The lowest BCUT2D eigenvalue weighted by molar-refractivity contribution is -0.130. The Hall–Kier alpha value is -1.92. The molecule has 0 aliphatic carbocycles. The van der Waals surface area contributed by atoms with Crippen molar-refractivity contribution in [2.45, 2.75) is 32.2 Å². The fourth-order valence-corrected chi connectivity index (χ4v) is 2.00. The minimum absolute atomic E-state index is 0.0720. The van der Waals surface area contributed by atoms with Crippen molar-refractivity contribution in [3.63, 3.8) is 0 Å². The first-order valence-electron chi connectivity index (χ1n) is 6.08. The van der Waals surface area contributed by atoms with E-state index in [0.717, 1.165) is 25.8 Å². The standard InChI is InChI=1S/C11H16N4O3/c16-10-4-2-1-3-5-14(10)6-7-15-8-9(11(17)18)12-13-15/h8H,1-7H2,(H,17,18). The van der Waals surface area contributed by atoms with Gasteiger partial charge in [0.15, 0.2) is 5.69 Å². The molecule has 0 saturated carbocycles. The van der Waals surface area contributed by atoms with E-state index in [-0.39, 0.29) is 11.6 Å². The van der Waals surface area contributed by atoms with Crippen LogP contribution in [0.4, 0.5) is 0 Å². The summed E-state index contributed by atoms with van der Waals surface area (Å²) in [5.41, 5.74) is -0.0720. The van der Waals surface area contributed by atoms with Crippen LogP contribution in [-0.2, 0) is 11.3 Å². The van der Waals surface area contributed by atoms with Gasteiger partial charge in [0, 0.05) is 19.5 Å². The van der Waals surface area contributed by atoms with E-state index in [0.29, 0.717) is 19.5 Å². The van der Waals surface area contributed by atoms with Crippen molar-refractivity contribution in [1.29, 1.82) is 0 Å². The van der Waals surface area contributed by atoms with Crippen LogP contribution >= 0.6 is 0 Å². The van der Waals surface area contributed by atoms with Crippen LogP contribution in [0.15, 0.2) is 6.20 Å². The number of hydrogen-bond donors (Lipinski definition) is 1. The highest BCUT2D eigenvalue weighted by Gasteiger charge is 2.16. The zero-order chi connectivity index (χ0) is 13.0. The normalized spacial score (nSPS) is 16.7. The fraction of sp³-hybridized carbons (Fsp3) is 0.636. The number of likely N-dealkylation sites (tertiary alicyclic amines) is 1. The average Bonchev–Trinajstić information content (AvgIpc) is 2.72. The number of carbonyl (C=O) groups excluding carboxylic acids is 1. The third kappa shape index (κ3) is 3.06. The molecule has 0 radical (unpaired) electrons. The van der Waals surface area contributed by atoms with E-state index >= 15 is 0 Å². The maximum atomic E-state index is 11.7. The summed E-state index contributed by atoms with van der Waals surface area (Å²) in [6.07, 6.45) is 5.07. The molecule has 98 valence electrons. The van der Waals surface area contributed by atoms with E-state index in [1.54, 1.807) is 0 Å². The number of carboxylic acid groups (broad SMARTS) is 1. The molecule has 2 heterocycles. The second-order valence-electron chi connectivity index (χ2n) is 4.36. The minimum Gasteiger partial charge on any atom is -0.476 e. The predicted molar refractivity (Wildman–Crippen MR) is 62.0 cm³/mol. The van der Waals surface area contributed by atoms with E-state index in [2.05, 4.69) is 10.3 Å². The summed E-state index contributed by atoms with van der Waals surface area (Å²) in [6.45, 7) is 1.81. The van der Waals surface area contributed by atoms with Gasteiger partial charge in [0.25, 0.3) is 0 Å². The largest absolute Gasteiger partial charge is 0.476 e. The monoisotopic (exact) mass is 252 g/mol. The van der Waals surface area contributed by atoms with E-state index in [1.807, 2.05) is 4.90 Å². The van der Waals surface area contributed by atoms with Crippen molar-refractivity contribution < 1.29 is 14.7 Å². The zero-order valence-electron chi connectivity index (χ0n) is 10.1. The van der Waals surface area contributed by atoms with E-state index < -0.39 is 5.97 Å². The summed E-state index contributed by atoms with van der Waals surface area (Å²) in [4.78, 5) is 24.2. The number of nitrogens with zero attached hydrogens (tertiary/aromatic N) is 4. The molecular formula is C11H16N4O3. The molecule has 1 aromatic heterocycles. The van der Waals surface area contributed by atoms with Crippen LogP contribution in [0, 0.1) is 0 Å². The summed E-state index contributed by atoms with van der Waals surface area (Å²) in [5, 5.41) is 16.0. The van der Waals surface area contributed by atoms with Crippen LogP contribution in [0.3, 0.4) is 0 Å². The molecule has 0 unspecified atom stereocenters. The van der Waals surface area contributed by atoms with Gasteiger partial charge in [-0.3, -0.25) is 4.79 Å². The highest BCUT2D eigenvalue weighted by Crippen LogP contribution is 2.10. The molecule has 1 fully saturated rings. The van der Waals surface area contributed by atoms with Crippen LogP contribution in [0.2, 0.25) is 0 Å². The van der Waals surface area contributed by atoms with Crippen LogP contribution in [-0.4, -0.2) is 50.0 Å². The molecule has 1 aromatic rings. The third-order valence-electron chi connectivity index (χ3n) is 3.03. The first kappa shape index (κ1) is 12.5. The molecule has 1 N–H and O–H groups in total. The predicted octanol–water partition coefficient (Wildman–Crippen LogP) is 0.379. The summed E-state index contributed by atoms with van der Waals surface area (Å²) < 4.78 is 1.46. The van der Waals surface area contributed by atoms with Gasteiger partial charge in [0.05, 0.1) is 12.7 Å². The Bertz CT molecular complexity index is 443.